The molecule has 1 N–H and O–H groups in total. The molecule has 8 nitrogen and oxygen atoms in total. The molecule has 0 aliphatic carbocycles. The van der Waals surface area contributed by atoms with Crippen molar-refractivity contribution in [2.24, 2.45) is 0 Å². The largest absolute Gasteiger partial charge is 0.384 e. The molecule has 0 unspecified atom stereocenters. The summed E-state index contributed by atoms with van der Waals surface area (Å²) in [6.45, 7) is 6.83. The maximum atomic E-state index is 12.0. The topological polar surface area (TPSA) is 94.8 Å². The number of allylic oxidation sites excluding steroid dienone is 1. The van der Waals surface area contributed by atoms with Crippen molar-refractivity contribution in [2.45, 2.75) is 23.0 Å². The second kappa shape index (κ2) is 9.77. The number of nitrogens with one attached hydrogen (secondary N) is 1. The highest BCUT2D eigenvalue weighted by Crippen LogP contribution is 2.25. The van der Waals surface area contributed by atoms with Crippen molar-refractivity contribution >= 4 is 45.9 Å². The number of nitrogens with zero attached hydrogens (tertiary/aromatic N) is 5. The Balaban J connectivity index is 1.82. The molecule has 2 aromatic rings. The smallest absolute Gasteiger partial charge is 0.236 e. The number of carbonyl (C=O) groups is 1. The number of carbonyl (C=O) groups excluding carboxylic acids is 1. The Morgan fingerprint density at radius 3 is 2.96 bits per heavy atom. The minimum absolute atomic E-state index is 0.157. The summed E-state index contributed by atoms with van der Waals surface area (Å²) in [5, 5.41) is 20.0. The van der Waals surface area contributed by atoms with Gasteiger partial charge in [0.05, 0.1) is 12.4 Å². The van der Waals surface area contributed by atoms with Gasteiger partial charge >= 0.3 is 0 Å². The number of aromatic nitrogens is 5. The number of anilines is 1. The number of thioether (sulfide) groups is 2. The number of hydrogen-bond acceptors (Lipinski definition) is 9. The van der Waals surface area contributed by atoms with Crippen molar-refractivity contribution in [3.8, 4) is 0 Å². The molecule has 0 bridgehead atoms. The van der Waals surface area contributed by atoms with Crippen LogP contribution in [0.2, 0.25) is 0 Å². The van der Waals surface area contributed by atoms with Crippen LogP contribution in [0.5, 0.6) is 0 Å². The normalized spacial score (nSPS) is 10.8. The first kappa shape index (κ1) is 18.9. The van der Waals surface area contributed by atoms with E-state index < -0.39 is 0 Å². The Morgan fingerprint density at radius 1 is 1.38 bits per heavy atom. The third-order valence-electron chi connectivity index (χ3n) is 2.71. The molecule has 2 aromatic heterocycles. The summed E-state index contributed by atoms with van der Waals surface area (Å²) < 4.78 is 7.69. The zero-order valence-electron chi connectivity index (χ0n) is 13.4. The van der Waals surface area contributed by atoms with Crippen LogP contribution in [0.1, 0.15) is 5.82 Å². The number of methoxy groups -OCH3 is 1. The van der Waals surface area contributed by atoms with Gasteiger partial charge in [-0.3, -0.25) is 10.1 Å². The highest BCUT2D eigenvalue weighted by Gasteiger charge is 2.13. The van der Waals surface area contributed by atoms with E-state index >= 15 is 0 Å². The summed E-state index contributed by atoms with van der Waals surface area (Å²) in [6.07, 6.45) is 1.77. The second-order valence-electron chi connectivity index (χ2n) is 4.48. The summed E-state index contributed by atoms with van der Waals surface area (Å²) in [4.78, 5) is 12.0. The molecule has 0 atom stereocenters. The lowest BCUT2D eigenvalue weighted by Crippen LogP contribution is -2.14. The number of hydrogen-bond donors (Lipinski definition) is 1. The van der Waals surface area contributed by atoms with Gasteiger partial charge in [0, 0.05) is 19.4 Å². The van der Waals surface area contributed by atoms with Crippen LogP contribution in [0.3, 0.4) is 0 Å². The third kappa shape index (κ3) is 5.58. The van der Waals surface area contributed by atoms with Gasteiger partial charge in [0.1, 0.15) is 5.82 Å². The van der Waals surface area contributed by atoms with Gasteiger partial charge in [0.2, 0.25) is 11.0 Å². The van der Waals surface area contributed by atoms with Crippen molar-refractivity contribution < 1.29 is 9.53 Å². The highest BCUT2D eigenvalue weighted by atomic mass is 32.2. The highest BCUT2D eigenvalue weighted by molar-refractivity contribution is 8.01. The Labute approximate surface area is 152 Å². The molecule has 0 aromatic carbocycles. The molecule has 0 fully saturated rings. The quantitative estimate of drug-likeness (QED) is 0.287. The van der Waals surface area contributed by atoms with E-state index in [0.29, 0.717) is 23.4 Å². The monoisotopic (exact) mass is 386 g/mol. The van der Waals surface area contributed by atoms with Crippen molar-refractivity contribution in [2.75, 3.05) is 30.5 Å². The predicted octanol–water partition coefficient (Wildman–Crippen LogP) is 2.09. The second-order valence-corrected chi connectivity index (χ2v) is 7.74. The molecule has 1 amide bonds. The fourth-order valence-corrected chi connectivity index (χ4v) is 4.16. The lowest BCUT2D eigenvalue weighted by atomic mass is 10.6. The van der Waals surface area contributed by atoms with Crippen LogP contribution in [-0.2, 0) is 16.1 Å². The van der Waals surface area contributed by atoms with Crippen LogP contribution in [0, 0.1) is 6.92 Å². The molecule has 0 spiro atoms. The van der Waals surface area contributed by atoms with E-state index in [1.807, 2.05) is 11.5 Å². The molecular formula is C13H18N6O2S3. The summed E-state index contributed by atoms with van der Waals surface area (Å²) in [7, 11) is 1.65. The van der Waals surface area contributed by atoms with Crippen LogP contribution in [-0.4, -0.2) is 56.1 Å². The van der Waals surface area contributed by atoms with Gasteiger partial charge in [-0.05, 0) is 6.92 Å². The van der Waals surface area contributed by atoms with E-state index in [1.54, 1.807) is 24.9 Å². The van der Waals surface area contributed by atoms with Gasteiger partial charge in [0.25, 0.3) is 0 Å². The van der Waals surface area contributed by atoms with Gasteiger partial charge in [-0.2, -0.15) is 0 Å². The van der Waals surface area contributed by atoms with E-state index in [0.717, 1.165) is 15.9 Å². The maximum absolute atomic E-state index is 12.0. The minimum atomic E-state index is -0.157. The fraction of sp³-hybridized carbons (Fsp3) is 0.462. The van der Waals surface area contributed by atoms with Crippen LogP contribution < -0.4 is 5.32 Å². The molecule has 0 saturated heterocycles. The fourth-order valence-electron chi connectivity index (χ4n) is 1.62. The van der Waals surface area contributed by atoms with Crippen molar-refractivity contribution in [1.82, 2.24) is 25.0 Å². The molecular weight excluding hydrogens is 368 g/mol. The number of rotatable bonds is 10. The first-order chi connectivity index (χ1) is 11.6. The average Bonchev–Trinajstić information content (AvgIpc) is 3.14. The summed E-state index contributed by atoms with van der Waals surface area (Å²) in [5.41, 5.74) is 0. The van der Waals surface area contributed by atoms with Crippen LogP contribution in [0.25, 0.3) is 0 Å². The van der Waals surface area contributed by atoms with Gasteiger partial charge in [0.15, 0.2) is 9.50 Å². The number of amides is 1. The average molecular weight is 387 g/mol. The van der Waals surface area contributed by atoms with Crippen molar-refractivity contribution in [3.63, 3.8) is 0 Å². The Morgan fingerprint density at radius 2 is 2.21 bits per heavy atom. The molecule has 0 aliphatic rings. The predicted molar refractivity (Wildman–Crippen MR) is 96.8 cm³/mol. The lowest BCUT2D eigenvalue weighted by Gasteiger charge is -2.04. The van der Waals surface area contributed by atoms with Crippen molar-refractivity contribution in [3.05, 3.63) is 18.5 Å². The first-order valence-corrected chi connectivity index (χ1v) is 9.81. The Bertz CT molecular complexity index is 687. The maximum Gasteiger partial charge on any atom is 0.236 e. The molecule has 11 heteroatoms. The Hall–Kier alpha value is -1.43. The standard InChI is InChI=1S/C13H18N6O2S3/c1-4-5-19-9(2)15-17-12(19)23-8-10(20)14-11-16-18-13(24-11)22-7-6-21-3/h4H,1,5-8H2,2-3H3,(H,14,16,20). The summed E-state index contributed by atoms with van der Waals surface area (Å²) in [6, 6.07) is 0. The molecule has 0 saturated carbocycles. The molecule has 2 rings (SSSR count). The molecule has 0 radical (unpaired) electrons. The van der Waals surface area contributed by atoms with Crippen LogP contribution >= 0.6 is 34.9 Å². The van der Waals surface area contributed by atoms with E-state index in [-0.39, 0.29) is 11.7 Å². The molecule has 130 valence electrons. The lowest BCUT2D eigenvalue weighted by molar-refractivity contribution is -0.113. The third-order valence-corrected chi connectivity index (χ3v) is 5.61. The minimum Gasteiger partial charge on any atom is -0.384 e. The van der Waals surface area contributed by atoms with Gasteiger partial charge in [-0.1, -0.05) is 40.9 Å². The first-order valence-electron chi connectivity index (χ1n) is 7.02. The molecule has 2 heterocycles. The zero-order chi connectivity index (χ0) is 17.4. The molecule has 0 aliphatic heterocycles. The van der Waals surface area contributed by atoms with E-state index in [9.17, 15) is 4.79 Å². The number of aryl methyl sites for hydroxylation is 1. The van der Waals surface area contributed by atoms with Crippen molar-refractivity contribution in [1.29, 1.82) is 0 Å². The van der Waals surface area contributed by atoms with Crippen LogP contribution in [0.15, 0.2) is 22.2 Å². The summed E-state index contributed by atoms with van der Waals surface area (Å²) >= 11 is 4.22. The SMILES string of the molecule is C=CCn1c(C)nnc1SCC(=O)Nc1nnc(SCCOC)s1. The number of ether oxygens (including phenoxy) is 1. The zero-order valence-corrected chi connectivity index (χ0v) is 15.8. The van der Waals surface area contributed by atoms with Gasteiger partial charge in [-0.15, -0.1) is 27.0 Å². The van der Waals surface area contributed by atoms with E-state index in [4.69, 9.17) is 4.74 Å². The Kier molecular flexibility index (Phi) is 7.69. The van der Waals surface area contributed by atoms with Crippen LogP contribution in [0.4, 0.5) is 5.13 Å². The summed E-state index contributed by atoms with van der Waals surface area (Å²) in [5.74, 6) is 1.66. The van der Waals surface area contributed by atoms with Gasteiger partial charge < -0.3 is 9.30 Å². The van der Waals surface area contributed by atoms with E-state index in [1.165, 1.54) is 23.1 Å². The molecule has 24 heavy (non-hydrogen) atoms. The van der Waals surface area contributed by atoms with Gasteiger partial charge in [-0.25, -0.2) is 0 Å². The van der Waals surface area contributed by atoms with E-state index in [2.05, 4.69) is 32.3 Å².